The summed E-state index contributed by atoms with van der Waals surface area (Å²) in [6.45, 7) is 0. The molecule has 0 radical (unpaired) electrons. The molecule has 0 heterocycles. The smallest absolute Gasteiger partial charge is 0.129 e. The first-order valence-corrected chi connectivity index (χ1v) is 5.14. The number of allylic oxidation sites excluding steroid dienone is 2. The van der Waals surface area contributed by atoms with Gasteiger partial charge < -0.3 is 19.9 Å². The third-order valence-electron chi connectivity index (χ3n) is 2.70. The van der Waals surface area contributed by atoms with Gasteiger partial charge in [-0.1, -0.05) is 10.3 Å². The molecule has 0 fully saturated rings. The van der Waals surface area contributed by atoms with Gasteiger partial charge in [-0.3, -0.25) is 0 Å². The minimum Gasteiger partial charge on any atom is -0.496 e. The fourth-order valence-corrected chi connectivity index (χ4v) is 1.90. The molecule has 2 N–H and O–H groups in total. The Kier molecular flexibility index (Phi) is 3.18. The predicted octanol–water partition coefficient (Wildman–Crippen LogP) is 1.63. The van der Waals surface area contributed by atoms with Crippen molar-refractivity contribution in [1.82, 2.24) is 0 Å². The molecule has 6 heteroatoms. The van der Waals surface area contributed by atoms with E-state index in [4.69, 9.17) is 19.9 Å². The van der Waals surface area contributed by atoms with Crippen LogP contribution in [-0.2, 0) is 0 Å². The van der Waals surface area contributed by atoms with Crippen molar-refractivity contribution >= 4 is 11.4 Å². The van der Waals surface area contributed by atoms with Crippen molar-refractivity contribution in [2.75, 3.05) is 14.2 Å². The van der Waals surface area contributed by atoms with Crippen LogP contribution in [0.5, 0.6) is 11.5 Å². The number of rotatable bonds is 2. The number of benzene rings is 1. The maximum Gasteiger partial charge on any atom is 0.129 e. The van der Waals surface area contributed by atoms with Crippen molar-refractivity contribution < 1.29 is 19.9 Å². The van der Waals surface area contributed by atoms with E-state index in [1.165, 1.54) is 26.4 Å². The number of nitrogens with zero attached hydrogens (tertiary/aromatic N) is 2. The largest absolute Gasteiger partial charge is 0.496 e. The van der Waals surface area contributed by atoms with Gasteiger partial charge in [0.15, 0.2) is 0 Å². The quantitative estimate of drug-likeness (QED) is 0.615. The minimum atomic E-state index is 0.313. The van der Waals surface area contributed by atoms with Crippen molar-refractivity contribution in [3.05, 3.63) is 35.4 Å². The van der Waals surface area contributed by atoms with Crippen molar-refractivity contribution in [2.45, 2.75) is 0 Å². The molecule has 0 unspecified atom stereocenters. The van der Waals surface area contributed by atoms with Gasteiger partial charge in [-0.25, -0.2) is 0 Å². The molecule has 18 heavy (non-hydrogen) atoms. The first kappa shape index (κ1) is 12.0. The van der Waals surface area contributed by atoms with Crippen LogP contribution >= 0.6 is 0 Å². The third-order valence-corrected chi connectivity index (χ3v) is 2.70. The highest BCUT2D eigenvalue weighted by Gasteiger charge is 2.25. The van der Waals surface area contributed by atoms with E-state index in [1.807, 2.05) is 0 Å². The summed E-state index contributed by atoms with van der Waals surface area (Å²) < 4.78 is 10.4. The van der Waals surface area contributed by atoms with E-state index in [2.05, 4.69) is 10.3 Å². The fourth-order valence-electron chi connectivity index (χ4n) is 1.90. The van der Waals surface area contributed by atoms with Crippen LogP contribution in [0.3, 0.4) is 0 Å². The number of ether oxygens (including phenoxy) is 2. The van der Waals surface area contributed by atoms with E-state index in [-0.39, 0.29) is 0 Å². The molecule has 6 nitrogen and oxygen atoms in total. The van der Waals surface area contributed by atoms with E-state index < -0.39 is 0 Å². The second-order valence-corrected chi connectivity index (χ2v) is 3.52. The van der Waals surface area contributed by atoms with Crippen LogP contribution in [-0.4, -0.2) is 36.1 Å². The lowest BCUT2D eigenvalue weighted by atomic mass is 9.92. The van der Waals surface area contributed by atoms with Crippen LogP contribution < -0.4 is 9.47 Å². The highest BCUT2D eigenvalue weighted by molar-refractivity contribution is 6.27. The number of fused-ring (bicyclic) bond motifs is 1. The lowest BCUT2D eigenvalue weighted by molar-refractivity contribution is 0.318. The van der Waals surface area contributed by atoms with Gasteiger partial charge in [0.2, 0.25) is 0 Å². The van der Waals surface area contributed by atoms with Crippen LogP contribution in [0.2, 0.25) is 0 Å². The van der Waals surface area contributed by atoms with E-state index in [0.29, 0.717) is 34.0 Å². The molecule has 1 aliphatic rings. The first-order chi connectivity index (χ1) is 8.76. The Labute approximate surface area is 103 Å². The van der Waals surface area contributed by atoms with Crippen molar-refractivity contribution in [2.24, 2.45) is 10.3 Å². The summed E-state index contributed by atoms with van der Waals surface area (Å²) in [5.41, 5.74) is 1.67. The highest BCUT2D eigenvalue weighted by atomic mass is 16.5. The molecule has 0 saturated heterocycles. The number of hydrogen-bond acceptors (Lipinski definition) is 6. The van der Waals surface area contributed by atoms with Gasteiger partial charge in [0.05, 0.1) is 25.3 Å². The Bertz CT molecular complexity index is 512. The zero-order chi connectivity index (χ0) is 13.1. The maximum atomic E-state index is 9.02. The average Bonchev–Trinajstić information content (AvgIpc) is 2.44. The third kappa shape index (κ3) is 1.67. The Hall–Kier alpha value is -2.50. The zero-order valence-electron chi connectivity index (χ0n) is 9.91. The molecule has 0 amide bonds. The Morgan fingerprint density at radius 3 is 1.50 bits per heavy atom. The monoisotopic (exact) mass is 248 g/mol. The minimum absolute atomic E-state index is 0.313. The number of methoxy groups -OCH3 is 2. The molecule has 1 aromatic rings. The highest BCUT2D eigenvalue weighted by Crippen LogP contribution is 2.34. The van der Waals surface area contributed by atoms with E-state index in [0.717, 1.165) is 0 Å². The summed E-state index contributed by atoms with van der Waals surface area (Å²) in [7, 11) is 3.01. The lowest BCUT2D eigenvalue weighted by Gasteiger charge is -2.19. The van der Waals surface area contributed by atoms with Crippen molar-refractivity contribution in [3.63, 3.8) is 0 Å². The van der Waals surface area contributed by atoms with E-state index in [9.17, 15) is 0 Å². The molecule has 0 atom stereocenters. The summed E-state index contributed by atoms with van der Waals surface area (Å²) in [5, 5.41) is 24.4. The van der Waals surface area contributed by atoms with E-state index >= 15 is 0 Å². The van der Waals surface area contributed by atoms with Crippen LogP contribution in [0.4, 0.5) is 0 Å². The molecule has 1 aliphatic carbocycles. The Balaban J connectivity index is 2.82. The van der Waals surface area contributed by atoms with Gasteiger partial charge in [0.1, 0.15) is 22.9 Å². The average molecular weight is 248 g/mol. The summed E-state index contributed by atoms with van der Waals surface area (Å²) in [6.07, 6.45) is 3.05. The molecular weight excluding hydrogens is 236 g/mol. The molecule has 0 aromatic heterocycles. The number of oxime groups is 2. The molecule has 1 aromatic carbocycles. The fraction of sp³-hybridized carbons (Fsp3) is 0.167. The SMILES string of the molecule is COc1ccc(OC)c2c1C(=NO)C=CC2=NO. The normalized spacial score (nSPS) is 17.9. The molecule has 0 spiro atoms. The second-order valence-electron chi connectivity index (χ2n) is 3.52. The van der Waals surface area contributed by atoms with Crippen LogP contribution in [0.25, 0.3) is 0 Å². The molecular formula is C12H12N2O4. The van der Waals surface area contributed by atoms with Crippen LogP contribution in [0, 0.1) is 0 Å². The van der Waals surface area contributed by atoms with Gasteiger partial charge in [-0.05, 0) is 24.3 Å². The van der Waals surface area contributed by atoms with Gasteiger partial charge in [-0.2, -0.15) is 0 Å². The first-order valence-electron chi connectivity index (χ1n) is 5.14. The summed E-state index contributed by atoms with van der Waals surface area (Å²) >= 11 is 0. The lowest BCUT2D eigenvalue weighted by Crippen LogP contribution is -2.16. The summed E-state index contributed by atoms with van der Waals surface area (Å²) in [4.78, 5) is 0. The molecule has 0 bridgehead atoms. The summed E-state index contributed by atoms with van der Waals surface area (Å²) in [6, 6.07) is 3.38. The topological polar surface area (TPSA) is 83.6 Å². The molecule has 94 valence electrons. The Morgan fingerprint density at radius 1 is 0.833 bits per heavy atom. The standard InChI is InChI=1S/C12H12N2O4/c1-17-9-5-6-10(18-2)12-8(14-16)4-3-7(13-15)11(9)12/h3-6,15-16H,1-2H3. The maximum absolute atomic E-state index is 9.02. The van der Waals surface area contributed by atoms with Gasteiger partial charge in [0, 0.05) is 0 Å². The van der Waals surface area contributed by atoms with Crippen LogP contribution in [0.15, 0.2) is 34.6 Å². The number of hydrogen-bond donors (Lipinski definition) is 2. The van der Waals surface area contributed by atoms with Gasteiger partial charge >= 0.3 is 0 Å². The molecule has 2 rings (SSSR count). The summed E-state index contributed by atoms with van der Waals surface area (Å²) in [5.74, 6) is 1.01. The Morgan fingerprint density at radius 2 is 1.22 bits per heavy atom. The van der Waals surface area contributed by atoms with E-state index in [1.54, 1.807) is 12.1 Å². The molecule has 0 aliphatic heterocycles. The second kappa shape index (κ2) is 4.79. The predicted molar refractivity (Wildman–Crippen MR) is 65.3 cm³/mol. The zero-order valence-corrected chi connectivity index (χ0v) is 9.91. The van der Waals surface area contributed by atoms with Crippen molar-refractivity contribution in [3.8, 4) is 11.5 Å². The van der Waals surface area contributed by atoms with Crippen LogP contribution in [0.1, 0.15) is 11.1 Å². The van der Waals surface area contributed by atoms with Gasteiger partial charge in [-0.15, -0.1) is 0 Å². The van der Waals surface area contributed by atoms with Gasteiger partial charge in [0.25, 0.3) is 0 Å². The van der Waals surface area contributed by atoms with Crippen molar-refractivity contribution in [1.29, 1.82) is 0 Å². The molecule has 0 saturated carbocycles.